The lowest BCUT2D eigenvalue weighted by atomic mass is 10.1. The molecular weight excluding hydrogens is 262 g/mol. The van der Waals surface area contributed by atoms with Crippen LogP contribution < -0.4 is 0 Å². The zero-order valence-electron chi connectivity index (χ0n) is 12.0. The largest absolute Gasteiger partial charge is 0.332 e. The van der Waals surface area contributed by atoms with E-state index in [9.17, 15) is 0 Å². The second kappa shape index (κ2) is 5.33. The number of fused-ring (bicyclic) bond motifs is 1. The summed E-state index contributed by atoms with van der Waals surface area (Å²) >= 11 is 0. The predicted octanol–water partition coefficient (Wildman–Crippen LogP) is 3.02. The Morgan fingerprint density at radius 1 is 1.24 bits per heavy atom. The number of nitrogens with zero attached hydrogens (tertiary/aromatic N) is 5. The summed E-state index contributed by atoms with van der Waals surface area (Å²) in [6.45, 7) is 5.17. The van der Waals surface area contributed by atoms with E-state index in [1.165, 1.54) is 6.33 Å². The Hall–Kier alpha value is -2.74. The molecule has 3 aromatic heterocycles. The lowest BCUT2D eigenvalue weighted by Gasteiger charge is -2.07. The van der Waals surface area contributed by atoms with E-state index in [1.54, 1.807) is 18.5 Å². The van der Waals surface area contributed by atoms with Gasteiger partial charge >= 0.3 is 0 Å². The lowest BCUT2D eigenvalue weighted by molar-refractivity contribution is 0.533. The third kappa shape index (κ3) is 2.48. The van der Waals surface area contributed by atoms with Gasteiger partial charge in [-0.15, -0.1) is 0 Å². The first-order chi connectivity index (χ1) is 10.2. The molecule has 3 aromatic rings. The molecule has 3 heterocycles. The van der Waals surface area contributed by atoms with Gasteiger partial charge in [0.25, 0.3) is 0 Å². The van der Waals surface area contributed by atoms with Gasteiger partial charge in [0.2, 0.25) is 0 Å². The van der Waals surface area contributed by atoms with Crippen LogP contribution >= 0.6 is 0 Å². The van der Waals surface area contributed by atoms with Crippen molar-refractivity contribution in [3.8, 4) is 17.2 Å². The zero-order chi connectivity index (χ0) is 14.8. The Morgan fingerprint density at radius 2 is 2.00 bits per heavy atom. The third-order valence-electron chi connectivity index (χ3n) is 3.27. The van der Waals surface area contributed by atoms with Gasteiger partial charge in [-0.3, -0.25) is 0 Å². The van der Waals surface area contributed by atoms with Gasteiger partial charge in [0, 0.05) is 41.6 Å². The van der Waals surface area contributed by atoms with E-state index in [2.05, 4.69) is 45.6 Å². The molecule has 104 valence electrons. The molecule has 0 aromatic carbocycles. The van der Waals surface area contributed by atoms with Crippen LogP contribution in [0.1, 0.15) is 19.5 Å². The number of pyridine rings is 1. The third-order valence-corrected chi connectivity index (χ3v) is 3.27. The highest BCUT2D eigenvalue weighted by atomic mass is 15.0. The monoisotopic (exact) mass is 277 g/mol. The Balaban J connectivity index is 2.24. The second-order valence-electron chi connectivity index (χ2n) is 5.40. The summed E-state index contributed by atoms with van der Waals surface area (Å²) in [5.74, 6) is 0.494. The molecule has 5 heteroatoms. The van der Waals surface area contributed by atoms with Crippen molar-refractivity contribution in [2.24, 2.45) is 5.92 Å². The summed E-state index contributed by atoms with van der Waals surface area (Å²) in [6, 6.07) is 5.79. The molecule has 0 aliphatic rings. The summed E-state index contributed by atoms with van der Waals surface area (Å²) in [5.41, 5.74) is 3.27. The maximum atomic E-state index is 9.05. The molecule has 0 saturated carbocycles. The molecule has 0 spiro atoms. The van der Waals surface area contributed by atoms with Crippen molar-refractivity contribution in [3.05, 3.63) is 42.7 Å². The zero-order valence-corrected chi connectivity index (χ0v) is 12.0. The minimum absolute atomic E-state index is 0.432. The maximum absolute atomic E-state index is 9.05. The van der Waals surface area contributed by atoms with Gasteiger partial charge in [-0.25, -0.2) is 15.0 Å². The molecule has 0 amide bonds. The van der Waals surface area contributed by atoms with Gasteiger partial charge in [0.15, 0.2) is 0 Å². The van der Waals surface area contributed by atoms with Gasteiger partial charge in [0.05, 0.1) is 0 Å². The fraction of sp³-hybridized carbons (Fsp3) is 0.250. The van der Waals surface area contributed by atoms with Crippen LogP contribution in [0.15, 0.2) is 37.1 Å². The Kier molecular flexibility index (Phi) is 3.36. The molecule has 3 rings (SSSR count). The molecule has 0 unspecified atom stereocenters. The Bertz CT molecular complexity index is 812. The smallest absolute Gasteiger partial charge is 0.142 e. The van der Waals surface area contributed by atoms with E-state index in [-0.39, 0.29) is 0 Å². The van der Waals surface area contributed by atoms with Crippen molar-refractivity contribution in [2.75, 3.05) is 0 Å². The average Bonchev–Trinajstić information content (AvgIpc) is 2.85. The molecular formula is C16H15N5. The molecule has 0 fully saturated rings. The first kappa shape index (κ1) is 13.3. The first-order valence-electron chi connectivity index (χ1n) is 6.84. The number of hydrogen-bond acceptors (Lipinski definition) is 4. The van der Waals surface area contributed by atoms with Crippen LogP contribution in [0.25, 0.3) is 22.2 Å². The molecule has 0 saturated heterocycles. The molecule has 0 N–H and O–H groups in total. The summed E-state index contributed by atoms with van der Waals surface area (Å²) in [6.07, 6.45) is 7.17. The Labute approximate surface area is 122 Å². The van der Waals surface area contributed by atoms with Gasteiger partial charge in [-0.05, 0) is 18.1 Å². The van der Waals surface area contributed by atoms with Gasteiger partial charge in [-0.1, -0.05) is 13.8 Å². The lowest BCUT2D eigenvalue weighted by Crippen LogP contribution is -2.03. The van der Waals surface area contributed by atoms with Crippen LogP contribution in [-0.2, 0) is 6.54 Å². The van der Waals surface area contributed by atoms with E-state index in [0.29, 0.717) is 11.6 Å². The summed E-state index contributed by atoms with van der Waals surface area (Å²) < 4.78 is 2.10. The van der Waals surface area contributed by atoms with Crippen molar-refractivity contribution in [3.63, 3.8) is 0 Å². The van der Waals surface area contributed by atoms with E-state index in [4.69, 9.17) is 5.26 Å². The highest BCUT2D eigenvalue weighted by Crippen LogP contribution is 2.29. The van der Waals surface area contributed by atoms with E-state index >= 15 is 0 Å². The molecule has 0 aliphatic carbocycles. The van der Waals surface area contributed by atoms with Crippen molar-refractivity contribution in [1.29, 1.82) is 5.26 Å². The van der Waals surface area contributed by atoms with Gasteiger partial charge in [0.1, 0.15) is 23.7 Å². The fourth-order valence-corrected chi connectivity index (χ4v) is 2.43. The van der Waals surface area contributed by atoms with E-state index in [0.717, 1.165) is 28.7 Å². The molecule has 0 atom stereocenters. The minimum Gasteiger partial charge on any atom is -0.332 e. The van der Waals surface area contributed by atoms with Gasteiger partial charge in [-0.2, -0.15) is 5.26 Å². The highest BCUT2D eigenvalue weighted by Gasteiger charge is 2.13. The normalized spacial score (nSPS) is 11.0. The SMILES string of the molecule is CC(C)Cn1cc(-c2cncnc2)c2ccc(C#N)nc21. The standard InChI is InChI=1S/C16H15N5/c1-11(2)8-21-9-15(12-6-18-10-19-7-12)14-4-3-13(5-17)20-16(14)21/h3-4,6-7,9-11H,8H2,1-2H3. The van der Waals surface area contributed by atoms with Crippen LogP contribution in [0, 0.1) is 17.2 Å². The van der Waals surface area contributed by atoms with Gasteiger partial charge < -0.3 is 4.57 Å². The molecule has 5 nitrogen and oxygen atoms in total. The van der Waals surface area contributed by atoms with Crippen LogP contribution in [-0.4, -0.2) is 19.5 Å². The van der Waals surface area contributed by atoms with Crippen molar-refractivity contribution in [2.45, 2.75) is 20.4 Å². The van der Waals surface area contributed by atoms with Crippen molar-refractivity contribution >= 4 is 11.0 Å². The number of hydrogen-bond donors (Lipinski definition) is 0. The predicted molar refractivity (Wildman–Crippen MR) is 80.3 cm³/mol. The van der Waals surface area contributed by atoms with Crippen LogP contribution in [0.2, 0.25) is 0 Å². The highest BCUT2D eigenvalue weighted by molar-refractivity contribution is 5.94. The van der Waals surface area contributed by atoms with Crippen LogP contribution in [0.3, 0.4) is 0 Å². The summed E-state index contributed by atoms with van der Waals surface area (Å²) in [7, 11) is 0. The van der Waals surface area contributed by atoms with Crippen molar-refractivity contribution in [1.82, 2.24) is 19.5 Å². The van der Waals surface area contributed by atoms with E-state index in [1.807, 2.05) is 6.07 Å². The number of rotatable bonds is 3. The minimum atomic E-state index is 0.432. The summed E-state index contributed by atoms with van der Waals surface area (Å²) in [5, 5.41) is 10.1. The second-order valence-corrected chi connectivity index (χ2v) is 5.40. The van der Waals surface area contributed by atoms with Crippen LogP contribution in [0.5, 0.6) is 0 Å². The molecule has 0 radical (unpaired) electrons. The summed E-state index contributed by atoms with van der Waals surface area (Å²) in [4.78, 5) is 12.6. The maximum Gasteiger partial charge on any atom is 0.142 e. The number of nitriles is 1. The molecule has 0 bridgehead atoms. The molecule has 0 aliphatic heterocycles. The topological polar surface area (TPSA) is 67.4 Å². The quantitative estimate of drug-likeness (QED) is 0.738. The van der Waals surface area contributed by atoms with Crippen molar-refractivity contribution < 1.29 is 0 Å². The fourth-order valence-electron chi connectivity index (χ4n) is 2.43. The first-order valence-corrected chi connectivity index (χ1v) is 6.84. The number of aromatic nitrogens is 4. The average molecular weight is 277 g/mol. The Morgan fingerprint density at radius 3 is 2.67 bits per heavy atom. The molecule has 21 heavy (non-hydrogen) atoms. The van der Waals surface area contributed by atoms with E-state index < -0.39 is 0 Å². The van der Waals surface area contributed by atoms with Crippen LogP contribution in [0.4, 0.5) is 0 Å².